The molecule has 0 saturated carbocycles. The van der Waals surface area contributed by atoms with Crippen molar-refractivity contribution in [3.63, 3.8) is 0 Å². The Bertz CT molecular complexity index is 895. The van der Waals surface area contributed by atoms with Crippen LogP contribution in [-0.2, 0) is 17.8 Å². The monoisotopic (exact) mass is 396 g/mol. The van der Waals surface area contributed by atoms with Gasteiger partial charge in [0.25, 0.3) is 0 Å². The van der Waals surface area contributed by atoms with Crippen molar-refractivity contribution < 1.29 is 9.53 Å². The van der Waals surface area contributed by atoms with Crippen LogP contribution in [0.15, 0.2) is 59.8 Å². The molecule has 1 amide bonds. The van der Waals surface area contributed by atoms with E-state index in [-0.39, 0.29) is 5.91 Å². The van der Waals surface area contributed by atoms with Crippen LogP contribution in [-0.4, -0.2) is 40.1 Å². The Morgan fingerprint density at radius 2 is 1.86 bits per heavy atom. The average Bonchev–Trinajstić information content (AvgIpc) is 3.14. The number of amides is 1. The molecule has 146 valence electrons. The number of aromatic nitrogens is 3. The predicted octanol–water partition coefficient (Wildman–Crippen LogP) is 3.42. The highest BCUT2D eigenvalue weighted by atomic mass is 32.2. The molecule has 0 aliphatic rings. The van der Waals surface area contributed by atoms with Gasteiger partial charge >= 0.3 is 0 Å². The minimum Gasteiger partial charge on any atom is -0.497 e. The Kier molecular flexibility index (Phi) is 7.08. The highest BCUT2D eigenvalue weighted by molar-refractivity contribution is 7.99. The van der Waals surface area contributed by atoms with Crippen molar-refractivity contribution in [3.05, 3.63) is 60.2 Å². The van der Waals surface area contributed by atoms with Gasteiger partial charge in [-0.1, -0.05) is 42.1 Å². The molecular formula is C21H24N4O2S. The number of ether oxygens (including phenoxy) is 1. The van der Waals surface area contributed by atoms with E-state index < -0.39 is 0 Å². The zero-order valence-electron chi connectivity index (χ0n) is 16.1. The molecule has 6 nitrogen and oxygen atoms in total. The van der Waals surface area contributed by atoms with Crippen molar-refractivity contribution in [1.82, 2.24) is 20.1 Å². The van der Waals surface area contributed by atoms with Gasteiger partial charge in [0, 0.05) is 18.7 Å². The molecule has 7 heteroatoms. The molecule has 3 aromatic rings. The van der Waals surface area contributed by atoms with E-state index in [1.807, 2.05) is 49.4 Å². The maximum absolute atomic E-state index is 11.9. The second kappa shape index (κ2) is 9.94. The number of hydrogen-bond donors (Lipinski definition) is 1. The van der Waals surface area contributed by atoms with Crippen molar-refractivity contribution in [2.75, 3.05) is 19.4 Å². The fourth-order valence-corrected chi connectivity index (χ4v) is 3.61. The number of nitrogens with zero attached hydrogens (tertiary/aromatic N) is 3. The Labute approximate surface area is 169 Å². The Balaban J connectivity index is 1.84. The number of hydrogen-bond acceptors (Lipinski definition) is 5. The quantitative estimate of drug-likeness (QED) is 0.561. The second-order valence-corrected chi connectivity index (χ2v) is 7.11. The summed E-state index contributed by atoms with van der Waals surface area (Å²) in [7, 11) is 1.65. The lowest BCUT2D eigenvalue weighted by molar-refractivity contribution is -0.118. The molecule has 0 bridgehead atoms. The minimum atomic E-state index is -0.00360. The molecule has 1 aromatic heterocycles. The van der Waals surface area contributed by atoms with Crippen molar-refractivity contribution in [3.8, 4) is 17.1 Å². The standard InChI is InChI=1S/C21H24N4O2S/c1-3-22-19(26)15-28-21-24-23-20(17-9-11-18(27-2)12-10-17)25(21)14-13-16-7-5-4-6-8-16/h4-12H,3,13-15H2,1-2H3,(H,22,26). The molecule has 0 spiro atoms. The van der Waals surface area contributed by atoms with Gasteiger partial charge in [-0.25, -0.2) is 0 Å². The molecule has 0 saturated heterocycles. The number of rotatable bonds is 9. The lowest BCUT2D eigenvalue weighted by atomic mass is 10.1. The molecule has 0 radical (unpaired) electrons. The smallest absolute Gasteiger partial charge is 0.230 e. The average molecular weight is 397 g/mol. The first-order valence-corrected chi connectivity index (χ1v) is 10.2. The van der Waals surface area contributed by atoms with Crippen LogP contribution in [0.25, 0.3) is 11.4 Å². The normalized spacial score (nSPS) is 10.6. The molecule has 3 rings (SSSR count). The summed E-state index contributed by atoms with van der Waals surface area (Å²) in [6.07, 6.45) is 0.858. The van der Waals surface area contributed by atoms with E-state index in [9.17, 15) is 4.79 Å². The molecule has 0 aliphatic heterocycles. The van der Waals surface area contributed by atoms with Crippen LogP contribution in [0.4, 0.5) is 0 Å². The summed E-state index contributed by atoms with van der Waals surface area (Å²) in [6, 6.07) is 18.1. The fourth-order valence-electron chi connectivity index (χ4n) is 2.81. The van der Waals surface area contributed by atoms with Crippen LogP contribution in [0.5, 0.6) is 5.75 Å². The molecule has 0 unspecified atom stereocenters. The zero-order valence-corrected chi connectivity index (χ0v) is 16.9. The molecule has 2 aromatic carbocycles. The number of carbonyl (C=O) groups is 1. The van der Waals surface area contributed by atoms with Gasteiger partial charge in [-0.05, 0) is 43.2 Å². The lowest BCUT2D eigenvalue weighted by Crippen LogP contribution is -2.24. The van der Waals surface area contributed by atoms with Crippen molar-refractivity contribution >= 4 is 17.7 Å². The maximum atomic E-state index is 11.9. The fraction of sp³-hybridized carbons (Fsp3) is 0.286. The molecule has 0 atom stereocenters. The van der Waals surface area contributed by atoms with Gasteiger partial charge in [0.2, 0.25) is 5.91 Å². The van der Waals surface area contributed by atoms with Gasteiger partial charge in [-0.2, -0.15) is 0 Å². The largest absolute Gasteiger partial charge is 0.497 e. The first kappa shape index (κ1) is 19.9. The number of benzene rings is 2. The van der Waals surface area contributed by atoms with Crippen LogP contribution in [0.2, 0.25) is 0 Å². The molecule has 0 fully saturated rings. The summed E-state index contributed by atoms with van der Waals surface area (Å²) < 4.78 is 7.32. The number of thioether (sulfide) groups is 1. The molecule has 1 heterocycles. The third-order valence-electron chi connectivity index (χ3n) is 4.24. The van der Waals surface area contributed by atoms with Crippen LogP contribution in [0.3, 0.4) is 0 Å². The number of carbonyl (C=O) groups excluding carboxylic acids is 1. The molecule has 0 aliphatic carbocycles. The van der Waals surface area contributed by atoms with E-state index in [0.717, 1.165) is 35.3 Å². The van der Waals surface area contributed by atoms with E-state index in [1.165, 1.54) is 17.3 Å². The van der Waals surface area contributed by atoms with E-state index in [2.05, 4.69) is 32.2 Å². The van der Waals surface area contributed by atoms with Gasteiger partial charge in [-0.15, -0.1) is 10.2 Å². The van der Waals surface area contributed by atoms with Gasteiger partial charge in [-0.3, -0.25) is 4.79 Å². The highest BCUT2D eigenvalue weighted by Crippen LogP contribution is 2.26. The first-order valence-electron chi connectivity index (χ1n) is 9.22. The van der Waals surface area contributed by atoms with Crippen LogP contribution >= 0.6 is 11.8 Å². The summed E-state index contributed by atoms with van der Waals surface area (Å²) in [4.78, 5) is 11.9. The maximum Gasteiger partial charge on any atom is 0.230 e. The summed E-state index contributed by atoms with van der Waals surface area (Å²) in [5, 5.41) is 12.3. The van der Waals surface area contributed by atoms with Crippen LogP contribution < -0.4 is 10.1 Å². The van der Waals surface area contributed by atoms with Crippen LogP contribution in [0, 0.1) is 0 Å². The van der Waals surface area contributed by atoms with E-state index >= 15 is 0 Å². The summed E-state index contributed by atoms with van der Waals surface area (Å²) in [5.74, 6) is 1.90. The van der Waals surface area contributed by atoms with E-state index in [1.54, 1.807) is 7.11 Å². The third-order valence-corrected chi connectivity index (χ3v) is 5.21. The van der Waals surface area contributed by atoms with E-state index in [4.69, 9.17) is 4.74 Å². The molecule has 28 heavy (non-hydrogen) atoms. The van der Waals surface area contributed by atoms with E-state index in [0.29, 0.717) is 12.3 Å². The second-order valence-electron chi connectivity index (χ2n) is 6.16. The van der Waals surface area contributed by atoms with Crippen molar-refractivity contribution in [2.24, 2.45) is 0 Å². The minimum absolute atomic E-state index is 0.00360. The predicted molar refractivity (Wildman–Crippen MR) is 112 cm³/mol. The Morgan fingerprint density at radius 3 is 2.54 bits per heavy atom. The van der Waals surface area contributed by atoms with Gasteiger partial charge in [0.05, 0.1) is 12.9 Å². The summed E-state index contributed by atoms with van der Waals surface area (Å²) in [6.45, 7) is 3.26. The highest BCUT2D eigenvalue weighted by Gasteiger charge is 2.16. The van der Waals surface area contributed by atoms with Gasteiger partial charge < -0.3 is 14.6 Å². The number of aryl methyl sites for hydroxylation is 1. The van der Waals surface area contributed by atoms with Crippen molar-refractivity contribution in [2.45, 2.75) is 25.0 Å². The van der Waals surface area contributed by atoms with Gasteiger partial charge in [0.1, 0.15) is 5.75 Å². The lowest BCUT2D eigenvalue weighted by Gasteiger charge is -2.11. The van der Waals surface area contributed by atoms with Crippen molar-refractivity contribution in [1.29, 1.82) is 0 Å². The Morgan fingerprint density at radius 1 is 1.11 bits per heavy atom. The Hall–Kier alpha value is -2.80. The van der Waals surface area contributed by atoms with Gasteiger partial charge in [0.15, 0.2) is 11.0 Å². The summed E-state index contributed by atoms with van der Waals surface area (Å²) in [5.41, 5.74) is 2.21. The SMILES string of the molecule is CCNC(=O)CSc1nnc(-c2ccc(OC)cc2)n1CCc1ccccc1. The summed E-state index contributed by atoms with van der Waals surface area (Å²) >= 11 is 1.41. The first-order chi connectivity index (χ1) is 13.7. The number of methoxy groups -OCH3 is 1. The topological polar surface area (TPSA) is 69.0 Å². The third kappa shape index (κ3) is 5.13. The number of nitrogens with one attached hydrogen (secondary N) is 1. The molecular weight excluding hydrogens is 372 g/mol. The molecule has 1 N–H and O–H groups in total. The zero-order chi connectivity index (χ0) is 19.8. The van der Waals surface area contributed by atoms with Crippen LogP contribution in [0.1, 0.15) is 12.5 Å².